The third-order valence-electron chi connectivity index (χ3n) is 7.62. The van der Waals surface area contributed by atoms with Crippen molar-refractivity contribution in [2.75, 3.05) is 30.4 Å². The van der Waals surface area contributed by atoms with Crippen LogP contribution in [0.2, 0.25) is 5.28 Å². The van der Waals surface area contributed by atoms with Gasteiger partial charge in [-0.1, -0.05) is 19.3 Å². The number of hydrogen-bond donors (Lipinski definition) is 5. The minimum atomic E-state index is -1.46. The lowest BCUT2D eigenvalue weighted by molar-refractivity contribution is -0.164. The highest BCUT2D eigenvalue weighted by Gasteiger charge is 2.52. The van der Waals surface area contributed by atoms with Crippen LogP contribution >= 0.6 is 11.6 Å². The van der Waals surface area contributed by atoms with Crippen LogP contribution in [0, 0.1) is 24.7 Å². The lowest BCUT2D eigenvalue weighted by atomic mass is 9.98. The van der Waals surface area contributed by atoms with Crippen molar-refractivity contribution in [1.29, 1.82) is 0 Å². The lowest BCUT2D eigenvalue weighted by Crippen LogP contribution is -2.45. The van der Waals surface area contributed by atoms with Crippen LogP contribution in [0.1, 0.15) is 46.6 Å². The maximum atomic E-state index is 11.5. The number of fused-ring (bicyclic) bond motifs is 2. The number of carbonyl (C=O) groups is 2. The number of nitrogens with zero attached hydrogens (tertiary/aromatic N) is 8. The van der Waals surface area contributed by atoms with Crippen molar-refractivity contribution in [3.05, 3.63) is 17.9 Å². The number of halogens is 1. The largest absolute Gasteiger partial charge is 0.462 e. The van der Waals surface area contributed by atoms with E-state index in [2.05, 4.69) is 41.7 Å². The molecule has 2 fully saturated rings. The Bertz CT molecular complexity index is 1970. The molecule has 6 heterocycles. The first-order valence-electron chi connectivity index (χ1n) is 14.1. The second kappa shape index (κ2) is 14.0. The number of terminal acetylenes is 2. The van der Waals surface area contributed by atoms with Gasteiger partial charge in [0.1, 0.15) is 42.3 Å². The minimum absolute atomic E-state index is 0. The third kappa shape index (κ3) is 6.84. The zero-order chi connectivity index (χ0) is 35.0. The maximum Gasteiger partial charge on any atom is 0.303 e. The van der Waals surface area contributed by atoms with Crippen LogP contribution in [0.15, 0.2) is 12.7 Å². The fraction of sp³-hybridized carbons (Fsp3) is 0.448. The van der Waals surface area contributed by atoms with Gasteiger partial charge >= 0.3 is 11.9 Å². The van der Waals surface area contributed by atoms with Crippen LogP contribution in [0.5, 0.6) is 0 Å². The van der Waals surface area contributed by atoms with Crippen molar-refractivity contribution in [3.8, 4) is 24.7 Å². The van der Waals surface area contributed by atoms with Gasteiger partial charge in [-0.05, 0) is 11.6 Å². The van der Waals surface area contributed by atoms with E-state index in [1.54, 1.807) is 9.13 Å². The number of aromatic nitrogens is 8. The van der Waals surface area contributed by atoms with Gasteiger partial charge in [0.05, 0.1) is 19.3 Å². The van der Waals surface area contributed by atoms with Crippen LogP contribution in [-0.2, 0) is 28.5 Å². The average molecular weight is 700 g/mol. The van der Waals surface area contributed by atoms with Crippen molar-refractivity contribution >= 4 is 63.5 Å². The molecule has 0 amide bonds. The molecule has 0 unspecified atom stereocenters. The Morgan fingerprint density at radius 2 is 1.51 bits per heavy atom. The topological polar surface area (TPSA) is 277 Å². The Morgan fingerprint density at radius 1 is 0.959 bits per heavy atom. The van der Waals surface area contributed by atoms with Crippen molar-refractivity contribution in [2.24, 2.45) is 0 Å². The second-order valence-electron chi connectivity index (χ2n) is 10.7. The summed E-state index contributed by atoms with van der Waals surface area (Å²) in [5, 5.41) is 19.4. The number of anilines is 3. The highest BCUT2D eigenvalue weighted by molar-refractivity contribution is 6.28. The molecule has 0 spiro atoms. The van der Waals surface area contributed by atoms with E-state index in [1.165, 1.54) is 26.5 Å². The predicted octanol–water partition coefficient (Wildman–Crippen LogP) is 0.119. The summed E-state index contributed by atoms with van der Waals surface area (Å²) < 4.78 is 25.1. The average Bonchev–Trinajstić information content (AvgIpc) is 3.80. The van der Waals surface area contributed by atoms with Crippen molar-refractivity contribution in [2.45, 2.75) is 70.0 Å². The van der Waals surface area contributed by atoms with E-state index < -0.39 is 54.4 Å². The first-order chi connectivity index (χ1) is 22.8. The molecule has 19 nitrogen and oxygen atoms in total. The number of imidazole rings is 2. The fourth-order valence-electron chi connectivity index (χ4n) is 5.29. The van der Waals surface area contributed by atoms with Crippen LogP contribution in [-0.4, -0.2) is 97.8 Å². The normalized spacial score (nSPS) is 25.9. The molecule has 6 rings (SSSR count). The Balaban J connectivity index is 0.000000223. The van der Waals surface area contributed by atoms with Gasteiger partial charge in [0.15, 0.2) is 28.5 Å². The van der Waals surface area contributed by atoms with Crippen LogP contribution < -0.4 is 17.2 Å². The predicted molar refractivity (Wildman–Crippen MR) is 174 cm³/mol. The zero-order valence-electron chi connectivity index (χ0n) is 25.5. The van der Waals surface area contributed by atoms with E-state index in [4.69, 9.17) is 60.6 Å². The number of aliphatic hydroxyl groups is 2. The van der Waals surface area contributed by atoms with Crippen molar-refractivity contribution in [1.82, 2.24) is 39.0 Å². The number of carbonyl (C=O) groups excluding carboxylic acids is 2. The van der Waals surface area contributed by atoms with Crippen LogP contribution in [0.25, 0.3) is 22.3 Å². The number of rotatable bonds is 6. The van der Waals surface area contributed by atoms with Crippen LogP contribution in [0.3, 0.4) is 0 Å². The van der Waals surface area contributed by atoms with Gasteiger partial charge in [-0.2, -0.15) is 19.9 Å². The molecule has 4 aromatic rings. The monoisotopic (exact) mass is 699 g/mol. The highest BCUT2D eigenvalue weighted by atomic mass is 35.5. The molecule has 8 N–H and O–H groups in total. The molecule has 6 atom stereocenters. The summed E-state index contributed by atoms with van der Waals surface area (Å²) in [6.07, 6.45) is 11.1. The minimum Gasteiger partial charge on any atom is -0.462 e. The quantitative estimate of drug-likeness (QED) is 0.101. The molecular formula is C29H34ClN11O8. The van der Waals surface area contributed by atoms with Gasteiger partial charge in [0.2, 0.25) is 16.8 Å². The van der Waals surface area contributed by atoms with Crippen molar-refractivity contribution < 1.29 is 38.7 Å². The smallest absolute Gasteiger partial charge is 0.303 e. The van der Waals surface area contributed by atoms with E-state index >= 15 is 0 Å². The van der Waals surface area contributed by atoms with E-state index in [9.17, 15) is 19.8 Å². The molecule has 0 aliphatic carbocycles. The molecule has 2 aliphatic rings. The molecule has 2 saturated heterocycles. The van der Waals surface area contributed by atoms with E-state index in [0.29, 0.717) is 22.3 Å². The summed E-state index contributed by atoms with van der Waals surface area (Å²) in [5.41, 5.74) is 15.7. The van der Waals surface area contributed by atoms with Gasteiger partial charge in [-0.15, -0.1) is 12.8 Å². The molecule has 260 valence electrons. The molecular weight excluding hydrogens is 666 g/mol. The summed E-state index contributed by atoms with van der Waals surface area (Å²) in [7, 11) is 0. The molecule has 0 aromatic carbocycles. The van der Waals surface area contributed by atoms with Gasteiger partial charge < -0.3 is 46.4 Å². The number of ether oxygens (including phenoxy) is 4. The SMILES string of the molecule is C.C#C[C@]1(CO)O[C@@H](n2cnc3c(N)nc(Cl)nc32)C[C@H]1O.C#C[C@]1(COC(C)=O)O[C@@H](n2cnc3c(N)nc(N)nc32)C[C@H]1OC(C)=O. The highest BCUT2D eigenvalue weighted by Crippen LogP contribution is 2.41. The second-order valence-corrected chi connectivity index (χ2v) is 11.1. The van der Waals surface area contributed by atoms with E-state index in [0.717, 1.165) is 0 Å². The summed E-state index contributed by atoms with van der Waals surface area (Å²) in [6.45, 7) is 1.72. The molecule has 20 heteroatoms. The van der Waals surface area contributed by atoms with Gasteiger partial charge in [0, 0.05) is 26.7 Å². The Labute approximate surface area is 284 Å². The lowest BCUT2D eigenvalue weighted by Gasteiger charge is -2.28. The van der Waals surface area contributed by atoms with Gasteiger partial charge in [-0.3, -0.25) is 18.7 Å². The fourth-order valence-corrected chi connectivity index (χ4v) is 5.46. The summed E-state index contributed by atoms with van der Waals surface area (Å²) in [6, 6.07) is 0. The Kier molecular flexibility index (Phi) is 10.5. The van der Waals surface area contributed by atoms with Gasteiger partial charge in [0.25, 0.3) is 0 Å². The number of hydrogen-bond acceptors (Lipinski definition) is 17. The van der Waals surface area contributed by atoms with Gasteiger partial charge in [-0.25, -0.2) is 9.97 Å². The molecule has 0 bridgehead atoms. The third-order valence-corrected chi connectivity index (χ3v) is 7.79. The summed E-state index contributed by atoms with van der Waals surface area (Å²) in [4.78, 5) is 46.9. The Hall–Kier alpha value is -5.31. The van der Waals surface area contributed by atoms with E-state index in [-0.39, 0.29) is 49.7 Å². The maximum absolute atomic E-state index is 11.5. The number of esters is 2. The molecule has 0 radical (unpaired) electrons. The number of aliphatic hydroxyl groups excluding tert-OH is 2. The first-order valence-corrected chi connectivity index (χ1v) is 14.5. The van der Waals surface area contributed by atoms with E-state index in [1.807, 2.05) is 0 Å². The summed E-state index contributed by atoms with van der Waals surface area (Å²) in [5.74, 6) is 3.91. The number of nitrogens with two attached hydrogens (primary N) is 3. The molecule has 4 aromatic heterocycles. The van der Waals surface area contributed by atoms with Crippen molar-refractivity contribution in [3.63, 3.8) is 0 Å². The molecule has 0 saturated carbocycles. The van der Waals surface area contributed by atoms with Crippen LogP contribution in [0.4, 0.5) is 17.6 Å². The molecule has 49 heavy (non-hydrogen) atoms. The number of nitrogen functional groups attached to an aromatic ring is 3. The summed E-state index contributed by atoms with van der Waals surface area (Å²) >= 11 is 5.79. The molecule has 2 aliphatic heterocycles. The zero-order valence-corrected chi connectivity index (χ0v) is 26.2. The Morgan fingerprint density at radius 3 is 2.04 bits per heavy atom. The first kappa shape index (κ1) is 36.5. The standard InChI is InChI=1S/C16H18N6O5.C12H12ClN5O3.CH4/c1-4-16(6-25-8(2)23)10(26-9(3)24)5-11(27-16)22-7-19-12-13(17)20-15(18)21-14(12)22;1-2-12(4-19)6(20)3-7(21-12)18-5-15-8-9(14)16-11(13)17-10(8)18;/h1,7,10-11H,5-6H2,2-3H3,(H4,17,18,20,21);1,5-7,19-20H,3-4H2,(H2,14,16,17);1H4/t10-,11-,16-;6-,7-,12-;/m11./s1.